The van der Waals surface area contributed by atoms with Crippen molar-refractivity contribution in [2.75, 3.05) is 6.61 Å². The molecule has 1 N–H and O–H groups in total. The lowest BCUT2D eigenvalue weighted by molar-refractivity contribution is -0.143. The Morgan fingerprint density at radius 1 is 1.44 bits per heavy atom. The monoisotopic (exact) mass is 269 g/mol. The summed E-state index contributed by atoms with van der Waals surface area (Å²) in [5.41, 5.74) is 0. The number of hydrogen-bond donors (Lipinski definition) is 1. The van der Waals surface area contributed by atoms with Crippen LogP contribution in [0.2, 0.25) is 0 Å². The van der Waals surface area contributed by atoms with E-state index in [1.54, 1.807) is 13.0 Å². The molecule has 0 amide bonds. The number of carbonyl (C=O) groups is 2. The van der Waals surface area contributed by atoms with Crippen LogP contribution in [0, 0.1) is 0 Å². The molecule has 1 aromatic heterocycles. The van der Waals surface area contributed by atoms with Crippen LogP contribution in [0.4, 0.5) is 0 Å². The number of rotatable bonds is 7. The van der Waals surface area contributed by atoms with Gasteiger partial charge in [-0.3, -0.25) is 9.59 Å². The van der Waals surface area contributed by atoms with Gasteiger partial charge in [0.05, 0.1) is 23.9 Å². The molecule has 0 spiro atoms. The molecule has 1 heterocycles. The Labute approximate surface area is 111 Å². The van der Waals surface area contributed by atoms with Crippen LogP contribution in [0.25, 0.3) is 0 Å². The molecule has 1 unspecified atom stereocenters. The Kier molecular flexibility index (Phi) is 6.01. The largest absolute Gasteiger partial charge is 0.466 e. The Morgan fingerprint density at radius 2 is 2.17 bits per heavy atom. The first kappa shape index (κ1) is 14.9. The Morgan fingerprint density at radius 3 is 2.67 bits per heavy atom. The summed E-state index contributed by atoms with van der Waals surface area (Å²) >= 11 is 1.39. The fourth-order valence-corrected chi connectivity index (χ4v) is 2.33. The van der Waals surface area contributed by atoms with Gasteiger partial charge in [-0.25, -0.2) is 0 Å². The van der Waals surface area contributed by atoms with Crippen LogP contribution < -0.4 is 5.32 Å². The maximum atomic E-state index is 12.2. The highest BCUT2D eigenvalue weighted by molar-refractivity contribution is 7.12. The number of carbonyl (C=O) groups excluding carboxylic acids is 2. The summed E-state index contributed by atoms with van der Waals surface area (Å²) in [7, 11) is 0. The highest BCUT2D eigenvalue weighted by Crippen LogP contribution is 2.13. The lowest BCUT2D eigenvalue weighted by atomic mass is 10.1. The number of nitrogens with one attached hydrogen (secondary N) is 1. The molecule has 0 saturated heterocycles. The first-order valence-corrected chi connectivity index (χ1v) is 6.92. The lowest BCUT2D eigenvalue weighted by Crippen LogP contribution is -2.42. The highest BCUT2D eigenvalue weighted by atomic mass is 32.1. The fraction of sp³-hybridized carbons (Fsp3) is 0.538. The van der Waals surface area contributed by atoms with E-state index in [1.807, 2.05) is 25.3 Å². The number of Topliss-reactive ketones (excluding diaryl/α,β-unsaturated/α-hetero) is 1. The molecule has 0 aliphatic carbocycles. The second kappa shape index (κ2) is 7.28. The predicted octanol–water partition coefficient (Wildman–Crippen LogP) is 2.25. The zero-order valence-corrected chi connectivity index (χ0v) is 11.8. The van der Waals surface area contributed by atoms with Crippen LogP contribution in [0.1, 0.15) is 36.9 Å². The molecule has 0 aliphatic rings. The van der Waals surface area contributed by atoms with E-state index in [1.165, 1.54) is 11.3 Å². The van der Waals surface area contributed by atoms with Gasteiger partial charge in [-0.2, -0.15) is 0 Å². The molecule has 1 atom stereocenters. The van der Waals surface area contributed by atoms with E-state index in [2.05, 4.69) is 5.32 Å². The first-order valence-electron chi connectivity index (χ1n) is 6.04. The normalized spacial score (nSPS) is 12.4. The Balaban J connectivity index is 2.71. The Bertz CT molecular complexity index is 387. The molecule has 1 aromatic rings. The van der Waals surface area contributed by atoms with Gasteiger partial charge in [-0.1, -0.05) is 19.9 Å². The third kappa shape index (κ3) is 4.58. The number of ketones is 1. The molecule has 5 heteroatoms. The van der Waals surface area contributed by atoms with Gasteiger partial charge in [0, 0.05) is 6.04 Å². The van der Waals surface area contributed by atoms with E-state index in [0.29, 0.717) is 11.5 Å². The van der Waals surface area contributed by atoms with Crippen molar-refractivity contribution in [1.29, 1.82) is 0 Å². The van der Waals surface area contributed by atoms with Gasteiger partial charge in [0.1, 0.15) is 0 Å². The first-order chi connectivity index (χ1) is 8.54. The van der Waals surface area contributed by atoms with Gasteiger partial charge < -0.3 is 10.1 Å². The average molecular weight is 269 g/mol. The molecule has 0 aromatic carbocycles. The molecule has 4 nitrogen and oxygen atoms in total. The second-order valence-corrected chi connectivity index (χ2v) is 5.17. The van der Waals surface area contributed by atoms with Gasteiger partial charge in [-0.05, 0) is 18.4 Å². The van der Waals surface area contributed by atoms with Gasteiger partial charge in [0.15, 0.2) is 5.78 Å². The molecular weight excluding hydrogens is 250 g/mol. The van der Waals surface area contributed by atoms with E-state index in [9.17, 15) is 9.59 Å². The third-order valence-corrected chi connectivity index (χ3v) is 3.18. The van der Waals surface area contributed by atoms with Crippen molar-refractivity contribution < 1.29 is 14.3 Å². The summed E-state index contributed by atoms with van der Waals surface area (Å²) in [5, 5.41) is 4.96. The van der Waals surface area contributed by atoms with Crippen molar-refractivity contribution >= 4 is 23.1 Å². The predicted molar refractivity (Wildman–Crippen MR) is 72.0 cm³/mol. The molecule has 0 bridgehead atoms. The van der Waals surface area contributed by atoms with Crippen molar-refractivity contribution in [1.82, 2.24) is 5.32 Å². The SMILES string of the molecule is CCOC(=O)CC(NC(C)C)C(=O)c1cccs1. The summed E-state index contributed by atoms with van der Waals surface area (Å²) in [5.74, 6) is -0.396. The number of esters is 1. The lowest BCUT2D eigenvalue weighted by Gasteiger charge is -2.18. The number of thiophene rings is 1. The summed E-state index contributed by atoms with van der Waals surface area (Å²) in [4.78, 5) is 24.4. The van der Waals surface area contributed by atoms with E-state index in [-0.39, 0.29) is 24.2 Å². The number of hydrogen-bond acceptors (Lipinski definition) is 5. The maximum absolute atomic E-state index is 12.2. The van der Waals surface area contributed by atoms with Crippen LogP contribution >= 0.6 is 11.3 Å². The van der Waals surface area contributed by atoms with Crippen molar-refractivity contribution in [2.24, 2.45) is 0 Å². The van der Waals surface area contributed by atoms with E-state index < -0.39 is 6.04 Å². The smallest absolute Gasteiger partial charge is 0.307 e. The third-order valence-electron chi connectivity index (χ3n) is 2.29. The van der Waals surface area contributed by atoms with Crippen LogP contribution in [-0.2, 0) is 9.53 Å². The van der Waals surface area contributed by atoms with Crippen LogP contribution in [0.5, 0.6) is 0 Å². The summed E-state index contributed by atoms with van der Waals surface area (Å²) < 4.78 is 4.89. The van der Waals surface area contributed by atoms with Crippen LogP contribution in [-0.4, -0.2) is 30.4 Å². The summed E-state index contributed by atoms with van der Waals surface area (Å²) in [6, 6.07) is 3.22. The van der Waals surface area contributed by atoms with E-state index in [4.69, 9.17) is 4.74 Å². The molecule has 0 radical (unpaired) electrons. The minimum atomic E-state index is -0.511. The fourth-order valence-electron chi connectivity index (χ4n) is 1.61. The van der Waals surface area contributed by atoms with Gasteiger partial charge in [0.2, 0.25) is 0 Å². The topological polar surface area (TPSA) is 55.4 Å². The molecule has 0 saturated carbocycles. The molecule has 100 valence electrons. The average Bonchev–Trinajstić information content (AvgIpc) is 2.80. The van der Waals surface area contributed by atoms with Gasteiger partial charge in [-0.15, -0.1) is 11.3 Å². The van der Waals surface area contributed by atoms with Crippen LogP contribution in [0.3, 0.4) is 0 Å². The van der Waals surface area contributed by atoms with Crippen molar-refractivity contribution in [3.8, 4) is 0 Å². The molecule has 0 aliphatic heterocycles. The Hall–Kier alpha value is -1.20. The standard InChI is InChI=1S/C13H19NO3S/c1-4-17-12(15)8-10(14-9(2)3)13(16)11-6-5-7-18-11/h5-7,9-10,14H,4,8H2,1-3H3. The molecular formula is C13H19NO3S. The van der Waals surface area contributed by atoms with Crippen molar-refractivity contribution in [3.63, 3.8) is 0 Å². The molecule has 1 rings (SSSR count). The summed E-state index contributed by atoms with van der Waals surface area (Å²) in [6.45, 7) is 5.98. The van der Waals surface area contributed by atoms with Gasteiger partial charge in [0.25, 0.3) is 0 Å². The molecule has 18 heavy (non-hydrogen) atoms. The van der Waals surface area contributed by atoms with Crippen molar-refractivity contribution in [3.05, 3.63) is 22.4 Å². The minimum Gasteiger partial charge on any atom is -0.466 e. The highest BCUT2D eigenvalue weighted by Gasteiger charge is 2.24. The molecule has 0 fully saturated rings. The van der Waals surface area contributed by atoms with E-state index in [0.717, 1.165) is 0 Å². The second-order valence-electron chi connectivity index (χ2n) is 4.22. The zero-order valence-electron chi connectivity index (χ0n) is 10.9. The van der Waals surface area contributed by atoms with Crippen LogP contribution in [0.15, 0.2) is 17.5 Å². The zero-order chi connectivity index (χ0) is 13.5. The van der Waals surface area contributed by atoms with Crippen molar-refractivity contribution in [2.45, 2.75) is 39.3 Å². The number of ether oxygens (including phenoxy) is 1. The maximum Gasteiger partial charge on any atom is 0.307 e. The van der Waals surface area contributed by atoms with Gasteiger partial charge >= 0.3 is 5.97 Å². The summed E-state index contributed by atoms with van der Waals surface area (Å²) in [6.07, 6.45) is 0.0722. The quantitative estimate of drug-likeness (QED) is 0.609. The van der Waals surface area contributed by atoms with E-state index >= 15 is 0 Å². The minimum absolute atomic E-state index is 0.0493.